The molecule has 0 bridgehead atoms. The predicted octanol–water partition coefficient (Wildman–Crippen LogP) is 4.53. The van der Waals surface area contributed by atoms with E-state index < -0.39 is 8.07 Å². The average Bonchev–Trinajstić information content (AvgIpc) is 2.16. The van der Waals surface area contributed by atoms with Crippen LogP contribution in [0.15, 0.2) is 53.8 Å². The van der Waals surface area contributed by atoms with Crippen LogP contribution in [-0.4, -0.2) is 8.07 Å². The number of rotatable bonds is 3. The first kappa shape index (κ1) is 11.4. The molecule has 0 saturated heterocycles. The third kappa shape index (κ3) is 2.05. The molecule has 16 heavy (non-hydrogen) atoms. The summed E-state index contributed by atoms with van der Waals surface area (Å²) in [6, 6.07) is 10.8. The third-order valence-corrected chi connectivity index (χ3v) is 5.50. The number of allylic oxidation sites excluding steroid dienone is 3. The van der Waals surface area contributed by atoms with Crippen molar-refractivity contribution >= 4 is 8.07 Å². The van der Waals surface area contributed by atoms with E-state index in [0.29, 0.717) is 5.92 Å². The lowest BCUT2D eigenvalue weighted by molar-refractivity contribution is 0.745. The Morgan fingerprint density at radius 2 is 1.81 bits per heavy atom. The first-order valence-corrected chi connectivity index (χ1v) is 9.45. The second-order valence-electron chi connectivity index (χ2n) is 5.59. The molecule has 1 aromatic carbocycles. The maximum absolute atomic E-state index is 4.32. The van der Waals surface area contributed by atoms with Gasteiger partial charge in [0, 0.05) is 5.92 Å². The van der Waals surface area contributed by atoms with Crippen LogP contribution in [0.5, 0.6) is 0 Å². The first-order chi connectivity index (χ1) is 7.50. The third-order valence-electron chi connectivity index (χ3n) is 3.40. The summed E-state index contributed by atoms with van der Waals surface area (Å²) in [6.45, 7) is 11.4. The maximum Gasteiger partial charge on any atom is 0.0771 e. The molecule has 0 radical (unpaired) electrons. The molecule has 0 heterocycles. The second kappa shape index (κ2) is 4.06. The highest BCUT2D eigenvalue weighted by Crippen LogP contribution is 2.42. The Kier molecular flexibility index (Phi) is 2.89. The van der Waals surface area contributed by atoms with Gasteiger partial charge in [0.25, 0.3) is 0 Å². The van der Waals surface area contributed by atoms with Crippen molar-refractivity contribution in [3.05, 3.63) is 59.3 Å². The molecule has 1 heteroatoms. The Hall–Kier alpha value is -1.08. The molecule has 1 unspecified atom stereocenters. The molecule has 1 aliphatic rings. The molecule has 0 fully saturated rings. The van der Waals surface area contributed by atoms with E-state index in [1.54, 1.807) is 0 Å². The van der Waals surface area contributed by atoms with Crippen LogP contribution in [0.4, 0.5) is 0 Å². The van der Waals surface area contributed by atoms with Crippen LogP contribution in [-0.2, 0) is 0 Å². The summed E-state index contributed by atoms with van der Waals surface area (Å²) in [5.41, 5.74) is 2.95. The molecule has 1 aliphatic carbocycles. The van der Waals surface area contributed by atoms with E-state index in [2.05, 4.69) is 62.6 Å². The van der Waals surface area contributed by atoms with Crippen molar-refractivity contribution < 1.29 is 0 Å². The highest BCUT2D eigenvalue weighted by atomic mass is 28.3. The lowest BCUT2D eigenvalue weighted by atomic mass is 9.79. The molecular formula is C15H20Si. The van der Waals surface area contributed by atoms with Gasteiger partial charge in [-0.05, 0) is 17.6 Å². The Balaban J connectivity index is 2.20. The Morgan fingerprint density at radius 3 is 2.25 bits per heavy atom. The number of benzene rings is 1. The van der Waals surface area contributed by atoms with Crippen molar-refractivity contribution in [3.8, 4) is 0 Å². The molecule has 1 atom stereocenters. The van der Waals surface area contributed by atoms with E-state index in [-0.39, 0.29) is 0 Å². The van der Waals surface area contributed by atoms with E-state index in [1.807, 2.05) is 0 Å². The summed E-state index contributed by atoms with van der Waals surface area (Å²) < 4.78 is 0. The molecule has 0 N–H and O–H groups in total. The van der Waals surface area contributed by atoms with Crippen molar-refractivity contribution in [2.45, 2.75) is 32.0 Å². The molecule has 0 nitrogen and oxygen atoms in total. The molecule has 0 aliphatic heterocycles. The van der Waals surface area contributed by atoms with Gasteiger partial charge < -0.3 is 0 Å². The number of hydrogen-bond acceptors (Lipinski definition) is 0. The quantitative estimate of drug-likeness (QED) is 0.667. The topological polar surface area (TPSA) is 0 Å². The summed E-state index contributed by atoms with van der Waals surface area (Å²) in [5, 5.41) is 1.42. The van der Waals surface area contributed by atoms with Gasteiger partial charge in [0.15, 0.2) is 0 Å². The van der Waals surface area contributed by atoms with Crippen molar-refractivity contribution in [2.75, 3.05) is 0 Å². The van der Waals surface area contributed by atoms with E-state index >= 15 is 0 Å². The van der Waals surface area contributed by atoms with Crippen molar-refractivity contribution in [2.24, 2.45) is 0 Å². The van der Waals surface area contributed by atoms with E-state index in [0.717, 1.165) is 0 Å². The summed E-state index contributed by atoms with van der Waals surface area (Å²) in [5.74, 6) is 0.612. The monoisotopic (exact) mass is 228 g/mol. The van der Waals surface area contributed by atoms with Crippen LogP contribution in [0.2, 0.25) is 19.6 Å². The second-order valence-corrected chi connectivity index (χ2v) is 10.7. The SMILES string of the molecule is C=C(C1=CCC1c1ccccc1)[Si](C)(C)C. The zero-order valence-corrected chi connectivity index (χ0v) is 11.5. The molecule has 0 spiro atoms. The van der Waals surface area contributed by atoms with Gasteiger partial charge in [-0.1, -0.05) is 67.8 Å². The van der Waals surface area contributed by atoms with Gasteiger partial charge in [0.1, 0.15) is 0 Å². The van der Waals surface area contributed by atoms with Crippen LogP contribution >= 0.6 is 0 Å². The minimum absolute atomic E-state index is 0.612. The largest absolute Gasteiger partial charge is 0.0995 e. The van der Waals surface area contributed by atoms with Gasteiger partial charge >= 0.3 is 0 Å². The molecule has 84 valence electrons. The minimum atomic E-state index is -1.23. The average molecular weight is 228 g/mol. The Morgan fingerprint density at radius 1 is 1.19 bits per heavy atom. The van der Waals surface area contributed by atoms with E-state index in [4.69, 9.17) is 0 Å². The summed E-state index contributed by atoms with van der Waals surface area (Å²) in [7, 11) is -1.23. The van der Waals surface area contributed by atoms with Crippen molar-refractivity contribution in [1.82, 2.24) is 0 Å². The van der Waals surface area contributed by atoms with Gasteiger partial charge in [-0.25, -0.2) is 0 Å². The zero-order chi connectivity index (χ0) is 11.8. The highest BCUT2D eigenvalue weighted by molar-refractivity contribution is 6.83. The van der Waals surface area contributed by atoms with Crippen molar-refractivity contribution in [3.63, 3.8) is 0 Å². The summed E-state index contributed by atoms with van der Waals surface area (Å²) in [6.07, 6.45) is 3.54. The first-order valence-electron chi connectivity index (χ1n) is 5.95. The van der Waals surface area contributed by atoms with E-state index in [9.17, 15) is 0 Å². The molecule has 0 amide bonds. The molecule has 0 aromatic heterocycles. The lowest BCUT2D eigenvalue weighted by Crippen LogP contribution is -2.28. The lowest BCUT2D eigenvalue weighted by Gasteiger charge is -2.34. The smallest absolute Gasteiger partial charge is 0.0771 e. The molecule has 0 saturated carbocycles. The van der Waals surface area contributed by atoms with Gasteiger partial charge in [-0.15, -0.1) is 0 Å². The zero-order valence-electron chi connectivity index (χ0n) is 10.5. The number of hydrogen-bond donors (Lipinski definition) is 0. The standard InChI is InChI=1S/C15H20Si/c1-12(16(2,3)4)14-10-11-15(14)13-8-6-5-7-9-13/h5-10,15H,1,11H2,2-4H3. The van der Waals surface area contributed by atoms with Crippen LogP contribution in [0.25, 0.3) is 0 Å². The fraction of sp³-hybridized carbons (Fsp3) is 0.333. The van der Waals surface area contributed by atoms with Gasteiger partial charge in [0.2, 0.25) is 0 Å². The molecular weight excluding hydrogens is 208 g/mol. The van der Waals surface area contributed by atoms with Gasteiger partial charge in [-0.2, -0.15) is 0 Å². The van der Waals surface area contributed by atoms with Crippen molar-refractivity contribution in [1.29, 1.82) is 0 Å². The van der Waals surface area contributed by atoms with Crippen LogP contribution in [0.3, 0.4) is 0 Å². The van der Waals surface area contributed by atoms with Gasteiger partial charge in [0.05, 0.1) is 8.07 Å². The van der Waals surface area contributed by atoms with Crippen LogP contribution in [0.1, 0.15) is 17.9 Å². The van der Waals surface area contributed by atoms with Crippen LogP contribution < -0.4 is 0 Å². The van der Waals surface area contributed by atoms with Crippen LogP contribution in [0, 0.1) is 0 Å². The normalized spacial score (nSPS) is 19.9. The van der Waals surface area contributed by atoms with Gasteiger partial charge in [-0.3, -0.25) is 0 Å². The minimum Gasteiger partial charge on any atom is -0.0995 e. The summed E-state index contributed by atoms with van der Waals surface area (Å²) >= 11 is 0. The Bertz CT molecular complexity index is 420. The Labute approximate surface area is 99.7 Å². The fourth-order valence-corrected chi connectivity index (χ4v) is 3.26. The van der Waals surface area contributed by atoms with E-state index in [1.165, 1.54) is 22.8 Å². The molecule has 2 rings (SSSR count). The molecule has 1 aromatic rings. The highest BCUT2D eigenvalue weighted by Gasteiger charge is 2.30. The maximum atomic E-state index is 4.32. The fourth-order valence-electron chi connectivity index (χ4n) is 2.12. The predicted molar refractivity (Wildman–Crippen MR) is 74.4 cm³/mol. The summed E-state index contributed by atoms with van der Waals surface area (Å²) in [4.78, 5) is 0.